The van der Waals surface area contributed by atoms with Gasteiger partial charge in [-0.05, 0) is 28.1 Å². The maximum absolute atomic E-state index is 12.1. The van der Waals surface area contributed by atoms with Crippen molar-refractivity contribution in [2.45, 2.75) is 12.2 Å². The van der Waals surface area contributed by atoms with Gasteiger partial charge in [-0.3, -0.25) is 4.98 Å². The summed E-state index contributed by atoms with van der Waals surface area (Å²) in [6.45, 7) is 0. The lowest BCUT2D eigenvalue weighted by molar-refractivity contribution is -0.150. The first-order valence-corrected chi connectivity index (χ1v) is 4.14. The predicted octanol–water partition coefficient (Wildman–Crippen LogP) is 2.83. The van der Waals surface area contributed by atoms with Gasteiger partial charge in [0.15, 0.2) is 0 Å². The average molecular weight is 291 g/mol. The van der Waals surface area contributed by atoms with E-state index >= 15 is 0 Å². The van der Waals surface area contributed by atoms with E-state index in [-0.39, 0.29) is 18.1 Å². The van der Waals surface area contributed by atoms with E-state index in [0.717, 1.165) is 0 Å². The van der Waals surface area contributed by atoms with Crippen LogP contribution in [0, 0.1) is 0 Å². The maximum atomic E-state index is 12.1. The molecule has 0 amide bonds. The zero-order valence-corrected chi connectivity index (χ0v) is 9.16. The molecular formula is C7H7BrClF3N2. The quantitative estimate of drug-likeness (QED) is 0.864. The van der Waals surface area contributed by atoms with Gasteiger partial charge in [0.1, 0.15) is 6.04 Å². The Morgan fingerprint density at radius 1 is 1.36 bits per heavy atom. The van der Waals surface area contributed by atoms with Crippen LogP contribution in [0.4, 0.5) is 13.2 Å². The van der Waals surface area contributed by atoms with Gasteiger partial charge in [-0.15, -0.1) is 12.4 Å². The Bertz CT molecular complexity index is 288. The highest BCUT2D eigenvalue weighted by molar-refractivity contribution is 9.10. The van der Waals surface area contributed by atoms with Crippen molar-refractivity contribution < 1.29 is 13.2 Å². The molecule has 0 aliphatic heterocycles. The number of rotatable bonds is 1. The zero-order valence-electron chi connectivity index (χ0n) is 6.75. The van der Waals surface area contributed by atoms with Crippen molar-refractivity contribution in [3.63, 3.8) is 0 Å². The molecule has 0 saturated carbocycles. The molecule has 0 aliphatic rings. The van der Waals surface area contributed by atoms with Crippen molar-refractivity contribution in [2.24, 2.45) is 5.73 Å². The molecule has 0 spiro atoms. The molecule has 1 heterocycles. The van der Waals surface area contributed by atoms with Gasteiger partial charge in [0.2, 0.25) is 0 Å². The molecule has 0 radical (unpaired) electrons. The normalized spacial score (nSPS) is 13.2. The number of pyridine rings is 1. The molecule has 0 saturated heterocycles. The van der Waals surface area contributed by atoms with Gasteiger partial charge >= 0.3 is 6.18 Å². The Morgan fingerprint density at radius 3 is 2.29 bits per heavy atom. The number of alkyl halides is 3. The second-order valence-corrected chi connectivity index (χ2v) is 3.34. The van der Waals surface area contributed by atoms with E-state index < -0.39 is 12.2 Å². The SMILES string of the molecule is Cl.N[C@H](c1ccc(Br)cn1)C(F)(F)F. The predicted molar refractivity (Wildman–Crippen MR) is 52.2 cm³/mol. The second kappa shape index (κ2) is 4.95. The minimum absolute atomic E-state index is 0. The summed E-state index contributed by atoms with van der Waals surface area (Å²) in [6.07, 6.45) is -3.16. The Kier molecular flexibility index (Phi) is 4.83. The van der Waals surface area contributed by atoms with Crippen molar-refractivity contribution >= 4 is 28.3 Å². The molecule has 7 heteroatoms. The highest BCUT2D eigenvalue weighted by Gasteiger charge is 2.38. The van der Waals surface area contributed by atoms with Crippen LogP contribution in [-0.2, 0) is 0 Å². The molecule has 0 aromatic carbocycles. The Morgan fingerprint density at radius 2 is 1.93 bits per heavy atom. The number of halogens is 5. The number of hydrogen-bond acceptors (Lipinski definition) is 2. The first kappa shape index (κ1) is 13.7. The third-order valence-corrected chi connectivity index (χ3v) is 1.89. The molecule has 2 N–H and O–H groups in total. The largest absolute Gasteiger partial charge is 0.409 e. The lowest BCUT2D eigenvalue weighted by Gasteiger charge is -2.14. The Hall–Kier alpha value is -0.330. The fourth-order valence-electron chi connectivity index (χ4n) is 0.739. The van der Waals surface area contributed by atoms with Gasteiger partial charge in [-0.1, -0.05) is 0 Å². The van der Waals surface area contributed by atoms with E-state index in [2.05, 4.69) is 20.9 Å². The van der Waals surface area contributed by atoms with Crippen LogP contribution in [0.2, 0.25) is 0 Å². The minimum Gasteiger partial charge on any atom is -0.315 e. The molecule has 1 aromatic heterocycles. The van der Waals surface area contributed by atoms with E-state index in [9.17, 15) is 13.2 Å². The summed E-state index contributed by atoms with van der Waals surface area (Å²) in [5.41, 5.74) is 4.73. The molecule has 14 heavy (non-hydrogen) atoms. The van der Waals surface area contributed by atoms with Gasteiger partial charge in [0.05, 0.1) is 5.69 Å². The summed E-state index contributed by atoms with van der Waals surface area (Å²) < 4.78 is 36.8. The van der Waals surface area contributed by atoms with Crippen LogP contribution in [0.1, 0.15) is 11.7 Å². The van der Waals surface area contributed by atoms with Crippen LogP contribution in [0.3, 0.4) is 0 Å². The summed E-state index contributed by atoms with van der Waals surface area (Å²) in [5.74, 6) is 0. The van der Waals surface area contributed by atoms with E-state index in [0.29, 0.717) is 4.47 Å². The van der Waals surface area contributed by atoms with Crippen LogP contribution in [0.5, 0.6) is 0 Å². The molecule has 0 fully saturated rings. The fourth-order valence-corrected chi connectivity index (χ4v) is 0.973. The molecule has 1 rings (SSSR count). The average Bonchev–Trinajstić information content (AvgIpc) is 2.03. The smallest absolute Gasteiger partial charge is 0.315 e. The van der Waals surface area contributed by atoms with E-state index in [4.69, 9.17) is 5.73 Å². The summed E-state index contributed by atoms with van der Waals surface area (Å²) in [4.78, 5) is 3.55. The number of aromatic nitrogens is 1. The summed E-state index contributed by atoms with van der Waals surface area (Å²) in [7, 11) is 0. The van der Waals surface area contributed by atoms with Crippen molar-refractivity contribution in [2.75, 3.05) is 0 Å². The van der Waals surface area contributed by atoms with Gasteiger partial charge in [-0.2, -0.15) is 13.2 Å². The zero-order chi connectivity index (χ0) is 10.1. The first-order chi connectivity index (χ1) is 5.91. The third kappa shape index (κ3) is 3.43. The molecule has 80 valence electrons. The van der Waals surface area contributed by atoms with Crippen molar-refractivity contribution in [3.05, 3.63) is 28.5 Å². The first-order valence-electron chi connectivity index (χ1n) is 3.35. The molecule has 0 unspecified atom stereocenters. The van der Waals surface area contributed by atoms with Crippen molar-refractivity contribution in [3.8, 4) is 0 Å². The standard InChI is InChI=1S/C7H6BrF3N2.ClH/c8-4-1-2-5(13-3-4)6(12)7(9,10)11;/h1-3,6H,12H2;1H/t6-;/m1./s1. The number of hydrogen-bond donors (Lipinski definition) is 1. The lowest BCUT2D eigenvalue weighted by atomic mass is 10.2. The minimum atomic E-state index is -4.44. The van der Waals surface area contributed by atoms with Crippen molar-refractivity contribution in [1.82, 2.24) is 4.98 Å². The topological polar surface area (TPSA) is 38.9 Å². The molecular weight excluding hydrogens is 284 g/mol. The van der Waals surface area contributed by atoms with Crippen LogP contribution in [0.15, 0.2) is 22.8 Å². The molecule has 2 nitrogen and oxygen atoms in total. The Balaban J connectivity index is 0.00000169. The monoisotopic (exact) mass is 290 g/mol. The van der Waals surface area contributed by atoms with E-state index in [1.54, 1.807) is 0 Å². The summed E-state index contributed by atoms with van der Waals surface area (Å²) >= 11 is 3.06. The second-order valence-electron chi connectivity index (χ2n) is 2.42. The molecule has 1 aromatic rings. The van der Waals surface area contributed by atoms with Crippen LogP contribution < -0.4 is 5.73 Å². The number of nitrogens with zero attached hydrogens (tertiary/aromatic N) is 1. The van der Waals surface area contributed by atoms with Crippen LogP contribution in [0.25, 0.3) is 0 Å². The Labute approximate surface area is 93.2 Å². The highest BCUT2D eigenvalue weighted by atomic mass is 79.9. The number of nitrogens with two attached hydrogens (primary N) is 1. The van der Waals surface area contributed by atoms with E-state index in [1.807, 2.05) is 0 Å². The van der Waals surface area contributed by atoms with Gasteiger partial charge in [0, 0.05) is 10.7 Å². The summed E-state index contributed by atoms with van der Waals surface area (Å²) in [6, 6.07) is 0.691. The third-order valence-electron chi connectivity index (χ3n) is 1.42. The highest BCUT2D eigenvalue weighted by Crippen LogP contribution is 2.29. The van der Waals surface area contributed by atoms with Gasteiger partial charge in [-0.25, -0.2) is 0 Å². The van der Waals surface area contributed by atoms with Gasteiger partial charge in [0.25, 0.3) is 0 Å². The van der Waals surface area contributed by atoms with Crippen molar-refractivity contribution in [1.29, 1.82) is 0 Å². The van der Waals surface area contributed by atoms with E-state index in [1.165, 1.54) is 18.3 Å². The van der Waals surface area contributed by atoms with Gasteiger partial charge < -0.3 is 5.73 Å². The van der Waals surface area contributed by atoms with Crippen LogP contribution >= 0.6 is 28.3 Å². The molecule has 0 bridgehead atoms. The van der Waals surface area contributed by atoms with Crippen LogP contribution in [-0.4, -0.2) is 11.2 Å². The molecule has 0 aliphatic carbocycles. The fraction of sp³-hybridized carbons (Fsp3) is 0.286. The summed E-state index contributed by atoms with van der Waals surface area (Å²) in [5, 5.41) is 0. The molecule has 1 atom stereocenters. The maximum Gasteiger partial charge on any atom is 0.409 e. The lowest BCUT2D eigenvalue weighted by Crippen LogP contribution is -2.29.